The molecule has 72 valence electrons. The smallest absolute Gasteiger partial charge is 0.0705 e. The summed E-state index contributed by atoms with van der Waals surface area (Å²) in [5.74, 6) is 0. The van der Waals surface area contributed by atoms with Gasteiger partial charge in [-0.15, -0.1) is 0 Å². The van der Waals surface area contributed by atoms with Crippen molar-refractivity contribution >= 4 is 0 Å². The zero-order valence-electron chi connectivity index (χ0n) is 8.12. The summed E-state index contributed by atoms with van der Waals surface area (Å²) < 4.78 is 5.20. The summed E-state index contributed by atoms with van der Waals surface area (Å²) in [7, 11) is 3.91. The van der Waals surface area contributed by atoms with E-state index in [4.69, 9.17) is 10.5 Å². The fourth-order valence-corrected chi connectivity index (χ4v) is 1.38. The van der Waals surface area contributed by atoms with Crippen molar-refractivity contribution in [1.29, 1.82) is 0 Å². The highest BCUT2D eigenvalue weighted by Gasteiger charge is 2.25. The van der Waals surface area contributed by atoms with E-state index >= 15 is 0 Å². The first-order chi connectivity index (χ1) is 5.77. The molecule has 1 rings (SSSR count). The van der Waals surface area contributed by atoms with Crippen molar-refractivity contribution in [1.82, 2.24) is 4.90 Å². The first kappa shape index (κ1) is 9.96. The number of ether oxygens (including phenoxy) is 1. The second-order valence-corrected chi connectivity index (χ2v) is 3.59. The van der Waals surface area contributed by atoms with Gasteiger partial charge >= 0.3 is 0 Å². The van der Waals surface area contributed by atoms with Crippen LogP contribution in [0.1, 0.15) is 19.3 Å². The third kappa shape index (κ3) is 3.09. The zero-order valence-corrected chi connectivity index (χ0v) is 8.12. The molecule has 0 aliphatic heterocycles. The third-order valence-electron chi connectivity index (χ3n) is 2.57. The highest BCUT2D eigenvalue weighted by molar-refractivity contribution is 4.82. The molecule has 3 nitrogen and oxygen atoms in total. The van der Waals surface area contributed by atoms with E-state index < -0.39 is 0 Å². The van der Waals surface area contributed by atoms with Crippen LogP contribution in [0.25, 0.3) is 0 Å². The minimum absolute atomic E-state index is 0.242. The van der Waals surface area contributed by atoms with Gasteiger partial charge in [-0.3, -0.25) is 0 Å². The SMILES string of the molecule is COC(CN)CCN(C)C1CC1. The Balaban J connectivity index is 2.05. The summed E-state index contributed by atoms with van der Waals surface area (Å²) in [6.45, 7) is 1.75. The van der Waals surface area contributed by atoms with E-state index in [1.165, 1.54) is 12.8 Å². The van der Waals surface area contributed by atoms with Gasteiger partial charge in [0.15, 0.2) is 0 Å². The average molecular weight is 172 g/mol. The summed E-state index contributed by atoms with van der Waals surface area (Å²) in [5.41, 5.74) is 5.52. The number of nitrogens with zero attached hydrogens (tertiary/aromatic N) is 1. The van der Waals surface area contributed by atoms with Gasteiger partial charge in [-0.25, -0.2) is 0 Å². The quantitative estimate of drug-likeness (QED) is 0.632. The Morgan fingerprint density at radius 3 is 2.67 bits per heavy atom. The van der Waals surface area contributed by atoms with Crippen molar-refractivity contribution in [3.05, 3.63) is 0 Å². The molecule has 1 fully saturated rings. The van der Waals surface area contributed by atoms with Crippen LogP contribution < -0.4 is 5.73 Å². The van der Waals surface area contributed by atoms with Crippen LogP contribution in [0.15, 0.2) is 0 Å². The van der Waals surface area contributed by atoms with Gasteiger partial charge in [0.05, 0.1) is 6.10 Å². The molecule has 0 radical (unpaired) electrons. The lowest BCUT2D eigenvalue weighted by Crippen LogP contribution is -2.29. The lowest BCUT2D eigenvalue weighted by atomic mass is 10.2. The predicted octanol–water partition coefficient (Wildman–Crippen LogP) is 0.444. The third-order valence-corrected chi connectivity index (χ3v) is 2.57. The first-order valence-electron chi connectivity index (χ1n) is 4.71. The molecule has 0 bridgehead atoms. The van der Waals surface area contributed by atoms with Crippen molar-refractivity contribution in [3.8, 4) is 0 Å². The molecule has 0 aromatic heterocycles. The lowest BCUT2D eigenvalue weighted by Gasteiger charge is -2.19. The fourth-order valence-electron chi connectivity index (χ4n) is 1.38. The molecule has 1 saturated carbocycles. The number of hydrogen-bond donors (Lipinski definition) is 1. The Morgan fingerprint density at radius 2 is 2.25 bits per heavy atom. The Bertz CT molecular complexity index is 120. The Kier molecular flexibility index (Phi) is 3.98. The summed E-state index contributed by atoms with van der Waals surface area (Å²) >= 11 is 0. The van der Waals surface area contributed by atoms with E-state index in [9.17, 15) is 0 Å². The van der Waals surface area contributed by atoms with Crippen molar-refractivity contribution < 1.29 is 4.74 Å². The van der Waals surface area contributed by atoms with E-state index in [1.807, 2.05) is 0 Å². The minimum atomic E-state index is 0.242. The Labute approximate surface area is 74.9 Å². The van der Waals surface area contributed by atoms with Crippen molar-refractivity contribution in [2.24, 2.45) is 5.73 Å². The summed E-state index contributed by atoms with van der Waals surface area (Å²) in [4.78, 5) is 2.40. The average Bonchev–Trinajstić information content (AvgIpc) is 2.88. The van der Waals surface area contributed by atoms with E-state index in [0.29, 0.717) is 6.54 Å². The maximum absolute atomic E-state index is 5.52. The largest absolute Gasteiger partial charge is 0.380 e. The first-order valence-corrected chi connectivity index (χ1v) is 4.71. The van der Waals surface area contributed by atoms with Gasteiger partial charge in [-0.05, 0) is 26.3 Å². The van der Waals surface area contributed by atoms with Crippen LogP contribution in [0.5, 0.6) is 0 Å². The number of hydrogen-bond acceptors (Lipinski definition) is 3. The van der Waals surface area contributed by atoms with Crippen molar-refractivity contribution in [3.63, 3.8) is 0 Å². The maximum Gasteiger partial charge on any atom is 0.0705 e. The van der Waals surface area contributed by atoms with Gasteiger partial charge in [-0.1, -0.05) is 0 Å². The number of nitrogens with two attached hydrogens (primary N) is 1. The standard InChI is InChI=1S/C9H20N2O/c1-11(8-3-4-8)6-5-9(7-10)12-2/h8-9H,3-7,10H2,1-2H3. The van der Waals surface area contributed by atoms with Gasteiger partial charge < -0.3 is 15.4 Å². The molecule has 0 aromatic carbocycles. The van der Waals surface area contributed by atoms with E-state index in [-0.39, 0.29) is 6.10 Å². The molecule has 0 amide bonds. The van der Waals surface area contributed by atoms with Crippen LogP contribution in [0.4, 0.5) is 0 Å². The molecule has 1 atom stereocenters. The molecule has 0 aromatic rings. The monoisotopic (exact) mass is 172 g/mol. The molecule has 0 saturated heterocycles. The van der Waals surface area contributed by atoms with Crippen LogP contribution in [-0.4, -0.2) is 44.3 Å². The maximum atomic E-state index is 5.52. The van der Waals surface area contributed by atoms with E-state index in [0.717, 1.165) is 19.0 Å². The molecule has 12 heavy (non-hydrogen) atoms. The van der Waals surface area contributed by atoms with Crippen LogP contribution in [0.2, 0.25) is 0 Å². The highest BCUT2D eigenvalue weighted by atomic mass is 16.5. The van der Waals surface area contributed by atoms with Gasteiger partial charge in [0.25, 0.3) is 0 Å². The van der Waals surface area contributed by atoms with Crippen molar-refractivity contribution in [2.75, 3.05) is 27.2 Å². The summed E-state index contributed by atoms with van der Waals surface area (Å²) in [6.07, 6.45) is 4.04. The van der Waals surface area contributed by atoms with E-state index in [1.54, 1.807) is 7.11 Å². The van der Waals surface area contributed by atoms with Crippen LogP contribution in [-0.2, 0) is 4.74 Å². The molecule has 0 heterocycles. The topological polar surface area (TPSA) is 38.5 Å². The zero-order chi connectivity index (χ0) is 8.97. The van der Waals surface area contributed by atoms with Gasteiger partial charge in [0.2, 0.25) is 0 Å². The lowest BCUT2D eigenvalue weighted by molar-refractivity contribution is 0.0918. The van der Waals surface area contributed by atoms with Gasteiger partial charge in [0, 0.05) is 26.2 Å². The van der Waals surface area contributed by atoms with Crippen LogP contribution in [0.3, 0.4) is 0 Å². The Morgan fingerprint density at radius 1 is 1.58 bits per heavy atom. The van der Waals surface area contributed by atoms with Gasteiger partial charge in [-0.2, -0.15) is 0 Å². The van der Waals surface area contributed by atoms with Crippen LogP contribution >= 0.6 is 0 Å². The summed E-state index contributed by atoms with van der Waals surface area (Å²) in [5, 5.41) is 0. The predicted molar refractivity (Wildman–Crippen MR) is 50.1 cm³/mol. The molecular weight excluding hydrogens is 152 g/mol. The van der Waals surface area contributed by atoms with E-state index in [2.05, 4.69) is 11.9 Å². The fraction of sp³-hybridized carbons (Fsp3) is 1.00. The second kappa shape index (κ2) is 4.80. The summed E-state index contributed by atoms with van der Waals surface area (Å²) in [6, 6.07) is 0.847. The number of rotatable bonds is 6. The molecule has 0 spiro atoms. The Hall–Kier alpha value is -0.120. The molecule has 2 N–H and O–H groups in total. The van der Waals surface area contributed by atoms with Crippen molar-refractivity contribution in [2.45, 2.75) is 31.4 Å². The number of methoxy groups -OCH3 is 1. The second-order valence-electron chi connectivity index (χ2n) is 3.59. The highest BCUT2D eigenvalue weighted by Crippen LogP contribution is 2.25. The van der Waals surface area contributed by atoms with Crippen LogP contribution in [0, 0.1) is 0 Å². The molecule has 1 aliphatic carbocycles. The molecule has 1 aliphatic rings. The minimum Gasteiger partial charge on any atom is -0.380 e. The molecule has 3 heteroatoms. The van der Waals surface area contributed by atoms with Gasteiger partial charge in [0.1, 0.15) is 0 Å². The molecule has 1 unspecified atom stereocenters. The molecular formula is C9H20N2O. The normalized spacial score (nSPS) is 20.0.